The highest BCUT2D eigenvalue weighted by atomic mass is 16.3. The lowest BCUT2D eigenvalue weighted by atomic mass is 10.00. The molecule has 0 saturated heterocycles. The van der Waals surface area contributed by atoms with Crippen molar-refractivity contribution in [3.8, 4) is 0 Å². The monoisotopic (exact) mass is 732 g/mol. The minimum absolute atomic E-state index is 0.353. The Hall–Kier alpha value is -1.73. The highest BCUT2D eigenvalue weighted by Gasteiger charge is 2.28. The standard InChI is InChI=1S/C46H85NO5/c1-3-5-7-9-11-13-15-17-19-21-23-25-27-29-31-33-35-37-39-43(49)45(51)42(41-48)47-46(52)44(50)40-38-36-34-32-30-28-26-24-22-20-18-16-14-12-10-8-6-4-2/h12,14,16,18,23,25,31,33,42-45,48-51H,3-11,13,15,17,19-22,24,26-30,32,34-41H2,1-2H3,(H,47,52)/b14-12-,18-16-,25-23+,33-31+. The van der Waals surface area contributed by atoms with Crippen LogP contribution in [-0.4, -0.2) is 57.3 Å². The van der Waals surface area contributed by atoms with Crippen LogP contribution in [0, 0.1) is 0 Å². The maximum absolute atomic E-state index is 12.5. The summed E-state index contributed by atoms with van der Waals surface area (Å²) in [6, 6.07) is -1.01. The normalized spacial score (nSPS) is 14.7. The third-order valence-corrected chi connectivity index (χ3v) is 10.0. The van der Waals surface area contributed by atoms with Crippen molar-refractivity contribution < 1.29 is 25.2 Å². The molecule has 6 heteroatoms. The minimum atomic E-state index is -1.29. The van der Waals surface area contributed by atoms with E-state index in [-0.39, 0.29) is 0 Å². The maximum atomic E-state index is 12.5. The minimum Gasteiger partial charge on any atom is -0.394 e. The second kappa shape index (κ2) is 40.5. The van der Waals surface area contributed by atoms with Crippen LogP contribution in [0.3, 0.4) is 0 Å². The van der Waals surface area contributed by atoms with Crippen LogP contribution in [0.4, 0.5) is 0 Å². The number of aliphatic hydroxyl groups is 4. The predicted molar refractivity (Wildman–Crippen MR) is 223 cm³/mol. The molecule has 0 aromatic carbocycles. The van der Waals surface area contributed by atoms with Crippen LogP contribution in [0.25, 0.3) is 0 Å². The van der Waals surface area contributed by atoms with E-state index in [0.29, 0.717) is 19.3 Å². The van der Waals surface area contributed by atoms with Crippen molar-refractivity contribution in [2.24, 2.45) is 0 Å². The molecule has 0 aliphatic heterocycles. The summed E-state index contributed by atoms with van der Waals surface area (Å²) in [6.45, 7) is 4.00. The summed E-state index contributed by atoms with van der Waals surface area (Å²) in [5.74, 6) is -0.603. The topological polar surface area (TPSA) is 110 Å². The Morgan fingerprint density at radius 2 is 0.865 bits per heavy atom. The summed E-state index contributed by atoms with van der Waals surface area (Å²) in [7, 11) is 0. The zero-order valence-corrected chi connectivity index (χ0v) is 34.0. The number of allylic oxidation sites excluding steroid dienone is 8. The summed E-state index contributed by atoms with van der Waals surface area (Å²) in [5.41, 5.74) is 0. The number of rotatable bonds is 39. The van der Waals surface area contributed by atoms with E-state index in [9.17, 15) is 25.2 Å². The van der Waals surface area contributed by atoms with Gasteiger partial charge in [0.2, 0.25) is 5.91 Å². The third kappa shape index (κ3) is 34.1. The zero-order chi connectivity index (χ0) is 38.2. The van der Waals surface area contributed by atoms with E-state index in [1.807, 2.05) is 0 Å². The second-order valence-corrected chi connectivity index (χ2v) is 15.1. The molecule has 0 heterocycles. The molecular weight excluding hydrogens is 647 g/mol. The SMILES string of the molecule is CCCCC/C=C\C=C/CCCCCCCCCCCC(O)C(=O)NC(CO)C(O)C(O)CCC/C=C/CC/C=C/CCCCCCCCCCC. The Morgan fingerprint density at radius 1 is 0.481 bits per heavy atom. The Kier molecular flexibility index (Phi) is 39.1. The lowest BCUT2D eigenvalue weighted by Gasteiger charge is -2.27. The third-order valence-electron chi connectivity index (χ3n) is 10.0. The van der Waals surface area contributed by atoms with Crippen LogP contribution in [0.1, 0.15) is 206 Å². The molecule has 0 aromatic heterocycles. The van der Waals surface area contributed by atoms with E-state index < -0.39 is 36.9 Å². The maximum Gasteiger partial charge on any atom is 0.249 e. The fraction of sp³-hybridized carbons (Fsp3) is 0.804. The molecular formula is C46H85NO5. The average Bonchev–Trinajstić information content (AvgIpc) is 3.15. The van der Waals surface area contributed by atoms with Crippen molar-refractivity contribution in [2.75, 3.05) is 6.61 Å². The Labute approximate surface area is 321 Å². The van der Waals surface area contributed by atoms with Gasteiger partial charge in [-0.2, -0.15) is 0 Å². The van der Waals surface area contributed by atoms with Gasteiger partial charge in [-0.3, -0.25) is 4.79 Å². The molecule has 4 unspecified atom stereocenters. The van der Waals surface area contributed by atoms with Crippen molar-refractivity contribution in [3.63, 3.8) is 0 Å². The smallest absolute Gasteiger partial charge is 0.249 e. The molecule has 0 spiro atoms. The van der Waals surface area contributed by atoms with Crippen LogP contribution >= 0.6 is 0 Å². The van der Waals surface area contributed by atoms with E-state index in [0.717, 1.165) is 44.9 Å². The molecule has 0 rings (SSSR count). The van der Waals surface area contributed by atoms with E-state index >= 15 is 0 Å². The van der Waals surface area contributed by atoms with Gasteiger partial charge in [0.25, 0.3) is 0 Å². The lowest BCUT2D eigenvalue weighted by molar-refractivity contribution is -0.132. The van der Waals surface area contributed by atoms with Crippen LogP contribution < -0.4 is 5.32 Å². The average molecular weight is 732 g/mol. The molecule has 0 aliphatic rings. The molecule has 5 N–H and O–H groups in total. The summed E-state index contributed by atoms with van der Waals surface area (Å²) in [6.07, 6.45) is 48.5. The van der Waals surface area contributed by atoms with Gasteiger partial charge in [-0.25, -0.2) is 0 Å². The van der Waals surface area contributed by atoms with Crippen LogP contribution in [0.5, 0.6) is 0 Å². The number of hydrogen-bond donors (Lipinski definition) is 5. The van der Waals surface area contributed by atoms with E-state index in [4.69, 9.17) is 0 Å². The molecule has 6 nitrogen and oxygen atoms in total. The number of unbranched alkanes of at least 4 members (excludes halogenated alkanes) is 23. The molecule has 0 saturated carbocycles. The Morgan fingerprint density at radius 3 is 1.37 bits per heavy atom. The highest BCUT2D eigenvalue weighted by Crippen LogP contribution is 2.14. The first-order valence-electron chi connectivity index (χ1n) is 22.0. The van der Waals surface area contributed by atoms with Crippen LogP contribution in [-0.2, 0) is 4.79 Å². The fourth-order valence-electron chi connectivity index (χ4n) is 6.47. The summed E-state index contributed by atoms with van der Waals surface area (Å²) in [4.78, 5) is 12.5. The van der Waals surface area contributed by atoms with Gasteiger partial charge in [-0.05, 0) is 77.0 Å². The predicted octanol–water partition coefficient (Wildman–Crippen LogP) is 11.5. The van der Waals surface area contributed by atoms with Crippen molar-refractivity contribution >= 4 is 5.91 Å². The van der Waals surface area contributed by atoms with Gasteiger partial charge in [-0.15, -0.1) is 0 Å². The molecule has 52 heavy (non-hydrogen) atoms. The number of carbonyl (C=O) groups is 1. The summed E-state index contributed by atoms with van der Waals surface area (Å²) < 4.78 is 0. The molecule has 4 atom stereocenters. The van der Waals surface area contributed by atoms with Gasteiger partial charge in [0.05, 0.1) is 18.8 Å². The van der Waals surface area contributed by atoms with Gasteiger partial charge in [0, 0.05) is 0 Å². The first-order chi connectivity index (χ1) is 25.5. The molecule has 0 radical (unpaired) electrons. The van der Waals surface area contributed by atoms with Crippen LogP contribution in [0.2, 0.25) is 0 Å². The number of nitrogens with one attached hydrogen (secondary N) is 1. The number of hydrogen-bond acceptors (Lipinski definition) is 5. The quantitative estimate of drug-likeness (QED) is 0.0246. The molecule has 0 aliphatic carbocycles. The number of aliphatic hydroxyl groups excluding tert-OH is 4. The first-order valence-corrected chi connectivity index (χ1v) is 22.0. The van der Waals surface area contributed by atoms with Gasteiger partial charge >= 0.3 is 0 Å². The molecule has 0 bridgehead atoms. The summed E-state index contributed by atoms with van der Waals surface area (Å²) in [5, 5.41) is 43.6. The van der Waals surface area contributed by atoms with E-state index in [2.05, 4.69) is 67.8 Å². The van der Waals surface area contributed by atoms with Gasteiger partial charge in [-0.1, -0.05) is 178 Å². The van der Waals surface area contributed by atoms with Crippen molar-refractivity contribution in [1.82, 2.24) is 5.32 Å². The van der Waals surface area contributed by atoms with Crippen molar-refractivity contribution in [1.29, 1.82) is 0 Å². The number of amides is 1. The number of carbonyl (C=O) groups excluding carboxylic acids is 1. The lowest BCUT2D eigenvalue weighted by Crippen LogP contribution is -2.53. The first kappa shape index (κ1) is 50.3. The van der Waals surface area contributed by atoms with Gasteiger partial charge in [0.15, 0.2) is 0 Å². The van der Waals surface area contributed by atoms with E-state index in [1.165, 1.54) is 128 Å². The molecule has 304 valence electrons. The fourth-order valence-corrected chi connectivity index (χ4v) is 6.47. The van der Waals surface area contributed by atoms with Gasteiger partial charge in [0.1, 0.15) is 12.2 Å². The molecule has 0 fully saturated rings. The second-order valence-electron chi connectivity index (χ2n) is 15.1. The zero-order valence-electron chi connectivity index (χ0n) is 34.0. The van der Waals surface area contributed by atoms with Crippen molar-refractivity contribution in [2.45, 2.75) is 231 Å². The molecule has 1 amide bonds. The highest BCUT2D eigenvalue weighted by molar-refractivity contribution is 5.80. The van der Waals surface area contributed by atoms with E-state index in [1.54, 1.807) is 0 Å². The van der Waals surface area contributed by atoms with Crippen LogP contribution in [0.15, 0.2) is 48.6 Å². The van der Waals surface area contributed by atoms with Gasteiger partial charge < -0.3 is 25.7 Å². The summed E-state index contributed by atoms with van der Waals surface area (Å²) >= 11 is 0. The Bertz CT molecular complexity index is 869. The molecule has 0 aromatic rings. The van der Waals surface area contributed by atoms with Crippen molar-refractivity contribution in [3.05, 3.63) is 48.6 Å². The Balaban J connectivity index is 3.83. The largest absolute Gasteiger partial charge is 0.394 e.